The van der Waals surface area contributed by atoms with Crippen LogP contribution in [0.2, 0.25) is 0 Å². The Morgan fingerprint density at radius 3 is 3.13 bits per heavy atom. The number of thioether (sulfide) groups is 2. The van der Waals surface area contributed by atoms with Crippen molar-refractivity contribution < 1.29 is 9.18 Å². The SMILES string of the molecule is O=C(CSCc1ccccn1)N[C@@H]1CCSc2ccc(F)cc21. The van der Waals surface area contributed by atoms with Crippen molar-refractivity contribution in [2.75, 3.05) is 11.5 Å². The van der Waals surface area contributed by atoms with Gasteiger partial charge in [0.2, 0.25) is 5.91 Å². The van der Waals surface area contributed by atoms with Gasteiger partial charge in [-0.2, -0.15) is 0 Å². The molecule has 120 valence electrons. The maximum absolute atomic E-state index is 13.5. The lowest BCUT2D eigenvalue weighted by molar-refractivity contribution is -0.119. The van der Waals surface area contributed by atoms with Crippen molar-refractivity contribution >= 4 is 29.4 Å². The molecule has 2 aromatic rings. The first-order valence-electron chi connectivity index (χ1n) is 7.41. The Kier molecular flexibility index (Phi) is 5.56. The molecule has 6 heteroatoms. The van der Waals surface area contributed by atoms with Crippen LogP contribution in [0.15, 0.2) is 47.5 Å². The van der Waals surface area contributed by atoms with Crippen molar-refractivity contribution in [2.45, 2.75) is 23.1 Å². The highest BCUT2D eigenvalue weighted by molar-refractivity contribution is 7.99. The maximum Gasteiger partial charge on any atom is 0.230 e. The van der Waals surface area contributed by atoms with Crippen LogP contribution < -0.4 is 5.32 Å². The normalized spacial score (nSPS) is 16.7. The minimum absolute atomic E-state index is 0.0157. The molecule has 3 nitrogen and oxygen atoms in total. The van der Waals surface area contributed by atoms with E-state index in [2.05, 4.69) is 10.3 Å². The summed E-state index contributed by atoms with van der Waals surface area (Å²) in [6, 6.07) is 10.5. The second-order valence-electron chi connectivity index (χ2n) is 5.25. The average Bonchev–Trinajstić information content (AvgIpc) is 2.56. The molecule has 3 rings (SSSR count). The minimum atomic E-state index is -0.255. The first kappa shape index (κ1) is 16.3. The van der Waals surface area contributed by atoms with Crippen LogP contribution in [0.5, 0.6) is 0 Å². The lowest BCUT2D eigenvalue weighted by atomic mass is 10.0. The zero-order valence-electron chi connectivity index (χ0n) is 12.5. The Balaban J connectivity index is 1.54. The first-order valence-corrected chi connectivity index (χ1v) is 9.55. The Morgan fingerprint density at radius 2 is 2.30 bits per heavy atom. The number of nitrogens with zero attached hydrogens (tertiary/aromatic N) is 1. The fraction of sp³-hybridized carbons (Fsp3) is 0.294. The molecule has 0 saturated carbocycles. The molecule has 0 unspecified atom stereocenters. The third-order valence-electron chi connectivity index (χ3n) is 3.56. The quantitative estimate of drug-likeness (QED) is 0.892. The molecule has 0 bridgehead atoms. The summed E-state index contributed by atoms with van der Waals surface area (Å²) in [7, 11) is 0. The summed E-state index contributed by atoms with van der Waals surface area (Å²) in [5, 5.41) is 3.03. The van der Waals surface area contributed by atoms with E-state index in [-0.39, 0.29) is 17.8 Å². The molecule has 0 saturated heterocycles. The zero-order valence-corrected chi connectivity index (χ0v) is 14.1. The predicted molar refractivity (Wildman–Crippen MR) is 93.0 cm³/mol. The molecular formula is C17H17FN2OS2. The van der Waals surface area contributed by atoms with E-state index in [0.29, 0.717) is 11.5 Å². The lowest BCUT2D eigenvalue weighted by Gasteiger charge is -2.26. The number of aromatic nitrogens is 1. The van der Waals surface area contributed by atoms with Gasteiger partial charge in [0.25, 0.3) is 0 Å². The number of hydrogen-bond donors (Lipinski definition) is 1. The highest BCUT2D eigenvalue weighted by Crippen LogP contribution is 2.36. The summed E-state index contributed by atoms with van der Waals surface area (Å²) in [6.45, 7) is 0. The van der Waals surface area contributed by atoms with Crippen molar-refractivity contribution in [3.8, 4) is 0 Å². The van der Waals surface area contributed by atoms with Crippen LogP contribution in [0.3, 0.4) is 0 Å². The van der Waals surface area contributed by atoms with Gasteiger partial charge in [-0.1, -0.05) is 6.07 Å². The summed E-state index contributed by atoms with van der Waals surface area (Å²) in [6.07, 6.45) is 2.58. The van der Waals surface area contributed by atoms with Gasteiger partial charge in [0.05, 0.1) is 17.5 Å². The van der Waals surface area contributed by atoms with Crippen molar-refractivity contribution in [2.24, 2.45) is 0 Å². The molecule has 0 fully saturated rings. The number of rotatable bonds is 5. The van der Waals surface area contributed by atoms with Gasteiger partial charge < -0.3 is 5.32 Å². The molecule has 23 heavy (non-hydrogen) atoms. The number of amides is 1. The maximum atomic E-state index is 13.5. The van der Waals surface area contributed by atoms with E-state index in [9.17, 15) is 9.18 Å². The van der Waals surface area contributed by atoms with Crippen molar-refractivity contribution in [1.29, 1.82) is 0 Å². The van der Waals surface area contributed by atoms with Crippen LogP contribution in [0.25, 0.3) is 0 Å². The number of carbonyl (C=O) groups excluding carboxylic acids is 1. The summed E-state index contributed by atoms with van der Waals surface area (Å²) in [5.41, 5.74) is 1.86. The number of benzene rings is 1. The van der Waals surface area contributed by atoms with Crippen LogP contribution in [-0.2, 0) is 10.5 Å². The van der Waals surface area contributed by atoms with Gasteiger partial charge in [0.15, 0.2) is 0 Å². The van der Waals surface area contributed by atoms with Gasteiger partial charge in [-0.05, 0) is 42.3 Å². The Morgan fingerprint density at radius 1 is 1.39 bits per heavy atom. The smallest absolute Gasteiger partial charge is 0.230 e. The molecule has 1 N–H and O–H groups in total. The van der Waals surface area contributed by atoms with Gasteiger partial charge in [-0.25, -0.2) is 4.39 Å². The van der Waals surface area contributed by atoms with Gasteiger partial charge in [0, 0.05) is 22.6 Å². The second kappa shape index (κ2) is 7.84. The third kappa shape index (κ3) is 4.48. The third-order valence-corrected chi connectivity index (χ3v) is 5.64. The molecule has 0 aliphatic carbocycles. The van der Waals surface area contributed by atoms with Gasteiger partial charge >= 0.3 is 0 Å². The summed E-state index contributed by atoms with van der Waals surface area (Å²) in [4.78, 5) is 17.4. The molecule has 1 aliphatic heterocycles. The number of nitrogens with one attached hydrogen (secondary N) is 1. The van der Waals surface area contributed by atoms with E-state index in [4.69, 9.17) is 0 Å². The molecule has 1 aliphatic rings. The molecular weight excluding hydrogens is 331 g/mol. The Hall–Kier alpha value is -1.53. The van der Waals surface area contributed by atoms with Crippen LogP contribution >= 0.6 is 23.5 Å². The van der Waals surface area contributed by atoms with E-state index < -0.39 is 0 Å². The van der Waals surface area contributed by atoms with Crippen LogP contribution in [-0.4, -0.2) is 22.4 Å². The Bertz CT molecular complexity index is 682. The van der Waals surface area contributed by atoms with Crippen molar-refractivity contribution in [3.63, 3.8) is 0 Å². The average molecular weight is 348 g/mol. The van der Waals surface area contributed by atoms with E-state index >= 15 is 0 Å². The summed E-state index contributed by atoms with van der Waals surface area (Å²) < 4.78 is 13.5. The lowest BCUT2D eigenvalue weighted by Crippen LogP contribution is -2.32. The number of fused-ring (bicyclic) bond motifs is 1. The molecule has 1 aromatic carbocycles. The first-order chi connectivity index (χ1) is 11.2. The second-order valence-corrected chi connectivity index (χ2v) is 7.38. The Labute approximate surface area is 143 Å². The topological polar surface area (TPSA) is 42.0 Å². The van der Waals surface area contributed by atoms with Gasteiger partial charge in [0.1, 0.15) is 5.82 Å². The van der Waals surface area contributed by atoms with Crippen LogP contribution in [0.1, 0.15) is 23.7 Å². The molecule has 1 aromatic heterocycles. The predicted octanol–water partition coefficient (Wildman–Crippen LogP) is 3.81. The number of carbonyl (C=O) groups is 1. The summed E-state index contributed by atoms with van der Waals surface area (Å²) in [5.74, 6) is 1.75. The molecule has 0 spiro atoms. The largest absolute Gasteiger partial charge is 0.349 e. The highest BCUT2D eigenvalue weighted by Gasteiger charge is 2.22. The van der Waals surface area contributed by atoms with Crippen LogP contribution in [0.4, 0.5) is 4.39 Å². The van der Waals surface area contributed by atoms with Crippen molar-refractivity contribution in [1.82, 2.24) is 10.3 Å². The van der Waals surface area contributed by atoms with Gasteiger partial charge in [-0.3, -0.25) is 9.78 Å². The van der Waals surface area contributed by atoms with E-state index in [0.717, 1.165) is 28.3 Å². The van der Waals surface area contributed by atoms with E-state index in [1.807, 2.05) is 18.2 Å². The standard InChI is InChI=1S/C17H17FN2OS2/c18-12-4-5-16-14(9-12)15(6-8-23-16)20-17(21)11-22-10-13-3-1-2-7-19-13/h1-5,7,9,15H,6,8,10-11H2,(H,20,21)/t15-/m1/s1. The van der Waals surface area contributed by atoms with E-state index in [1.54, 1.807) is 24.0 Å². The van der Waals surface area contributed by atoms with Crippen LogP contribution in [0, 0.1) is 5.82 Å². The molecule has 2 heterocycles. The molecule has 1 atom stereocenters. The molecule has 0 radical (unpaired) electrons. The number of halogens is 1. The summed E-state index contributed by atoms with van der Waals surface area (Å²) >= 11 is 3.25. The van der Waals surface area contributed by atoms with Gasteiger partial charge in [-0.15, -0.1) is 23.5 Å². The highest BCUT2D eigenvalue weighted by atomic mass is 32.2. The number of pyridine rings is 1. The zero-order chi connectivity index (χ0) is 16.1. The number of hydrogen-bond acceptors (Lipinski definition) is 4. The fourth-order valence-electron chi connectivity index (χ4n) is 2.48. The fourth-order valence-corrected chi connectivity index (χ4v) is 4.34. The minimum Gasteiger partial charge on any atom is -0.349 e. The van der Waals surface area contributed by atoms with Crippen molar-refractivity contribution in [3.05, 3.63) is 59.7 Å². The monoisotopic (exact) mass is 348 g/mol. The van der Waals surface area contributed by atoms with E-state index in [1.165, 1.54) is 23.9 Å². The molecule has 1 amide bonds.